The quantitative estimate of drug-likeness (QED) is 0.581. The monoisotopic (exact) mass is 440 g/mol. The molecule has 33 heavy (non-hydrogen) atoms. The van der Waals surface area contributed by atoms with Crippen LogP contribution >= 0.6 is 0 Å². The van der Waals surface area contributed by atoms with Gasteiger partial charge in [0.05, 0.1) is 6.54 Å². The minimum Gasteiger partial charge on any atom is -0.438 e. The van der Waals surface area contributed by atoms with Crippen LogP contribution in [0.3, 0.4) is 0 Å². The smallest absolute Gasteiger partial charge is 0.255 e. The zero-order valence-corrected chi connectivity index (χ0v) is 17.9. The predicted octanol–water partition coefficient (Wildman–Crippen LogP) is 3.96. The molecule has 8 heteroatoms. The van der Waals surface area contributed by atoms with Gasteiger partial charge >= 0.3 is 0 Å². The maximum Gasteiger partial charge on any atom is 0.255 e. The molecule has 4 rings (SSSR count). The Kier molecular flexibility index (Phi) is 6.13. The molecule has 3 aromatic rings. The van der Waals surface area contributed by atoms with Crippen molar-refractivity contribution in [2.45, 2.75) is 26.3 Å². The molecule has 164 valence electrons. The zero-order chi connectivity index (χ0) is 23.4. The van der Waals surface area contributed by atoms with E-state index in [9.17, 15) is 14.4 Å². The average molecular weight is 440 g/mol. The summed E-state index contributed by atoms with van der Waals surface area (Å²) in [7, 11) is 0. The number of anilines is 1. The van der Waals surface area contributed by atoms with Crippen molar-refractivity contribution in [1.82, 2.24) is 9.88 Å². The van der Waals surface area contributed by atoms with E-state index < -0.39 is 0 Å². The molecule has 1 N–H and O–H groups in total. The highest BCUT2D eigenvalue weighted by Crippen LogP contribution is 2.27. The summed E-state index contributed by atoms with van der Waals surface area (Å²) >= 11 is 0. The van der Waals surface area contributed by atoms with Crippen molar-refractivity contribution in [3.8, 4) is 17.7 Å². The Bertz CT molecular complexity index is 1260. The third-order valence-electron chi connectivity index (χ3n) is 5.26. The lowest BCUT2D eigenvalue weighted by Crippen LogP contribution is -2.28. The number of carbonyl (C=O) groups is 3. The SMILES string of the molecule is Cc1cc(Oc2ncccc2C#N)ccc1NC(=O)c1ccc(CN2C(=O)CCC2=O)cc1. The van der Waals surface area contributed by atoms with Crippen LogP contribution in [0.1, 0.15) is 39.9 Å². The number of ether oxygens (including phenoxy) is 1. The van der Waals surface area contributed by atoms with Gasteiger partial charge in [-0.15, -0.1) is 0 Å². The Morgan fingerprint density at radius 1 is 1.12 bits per heavy atom. The summed E-state index contributed by atoms with van der Waals surface area (Å²) in [5.74, 6) is 0.0843. The number of nitrogens with zero attached hydrogens (tertiary/aromatic N) is 3. The number of imide groups is 1. The molecule has 0 bridgehead atoms. The molecule has 1 aliphatic rings. The molecule has 0 spiro atoms. The summed E-state index contributed by atoms with van der Waals surface area (Å²) in [4.78, 5) is 41.5. The van der Waals surface area contributed by atoms with Crippen LogP contribution < -0.4 is 10.1 Å². The summed E-state index contributed by atoms with van der Waals surface area (Å²) in [5.41, 5.74) is 2.95. The number of aromatic nitrogens is 1. The Labute approximate surface area is 190 Å². The lowest BCUT2D eigenvalue weighted by Gasteiger charge is -2.14. The highest BCUT2D eigenvalue weighted by molar-refractivity contribution is 6.05. The zero-order valence-electron chi connectivity index (χ0n) is 17.9. The molecule has 0 atom stereocenters. The van der Waals surface area contributed by atoms with Gasteiger partial charge in [-0.25, -0.2) is 4.98 Å². The van der Waals surface area contributed by atoms with Gasteiger partial charge in [-0.3, -0.25) is 19.3 Å². The first-order chi connectivity index (χ1) is 15.9. The Morgan fingerprint density at radius 3 is 2.52 bits per heavy atom. The van der Waals surface area contributed by atoms with Crippen LogP contribution in [0.15, 0.2) is 60.8 Å². The van der Waals surface area contributed by atoms with Crippen molar-refractivity contribution >= 4 is 23.4 Å². The second kappa shape index (κ2) is 9.32. The minimum atomic E-state index is -0.289. The highest BCUT2D eigenvalue weighted by atomic mass is 16.5. The second-order valence-electron chi connectivity index (χ2n) is 7.57. The van der Waals surface area contributed by atoms with E-state index in [2.05, 4.69) is 10.3 Å². The molecule has 8 nitrogen and oxygen atoms in total. The van der Waals surface area contributed by atoms with E-state index in [1.807, 2.05) is 13.0 Å². The molecule has 2 aromatic carbocycles. The van der Waals surface area contributed by atoms with E-state index in [1.54, 1.807) is 60.8 Å². The minimum absolute atomic E-state index is 0.170. The molecule has 0 saturated carbocycles. The molecule has 1 fully saturated rings. The standard InChI is InChI=1S/C25H20N4O4/c1-16-13-20(33-25-19(14-26)3-2-12-27-25)8-9-21(16)28-24(32)18-6-4-17(5-7-18)15-29-22(30)10-11-23(29)31/h2-9,12-13H,10-11,15H2,1H3,(H,28,32). The predicted molar refractivity (Wildman–Crippen MR) is 119 cm³/mol. The number of aryl methyl sites for hydroxylation is 1. The highest BCUT2D eigenvalue weighted by Gasteiger charge is 2.28. The molecule has 2 heterocycles. The van der Waals surface area contributed by atoms with Crippen LogP contribution in [-0.2, 0) is 16.1 Å². The molecule has 0 aliphatic carbocycles. The van der Waals surface area contributed by atoms with Crippen LogP contribution in [0, 0.1) is 18.3 Å². The molecule has 0 unspecified atom stereocenters. The molecule has 3 amide bonds. The fourth-order valence-corrected chi connectivity index (χ4v) is 3.45. The maximum atomic E-state index is 12.7. The summed E-state index contributed by atoms with van der Waals surface area (Å²) in [5, 5.41) is 12.0. The van der Waals surface area contributed by atoms with Gasteiger partial charge in [-0.2, -0.15) is 5.26 Å². The topological polar surface area (TPSA) is 112 Å². The van der Waals surface area contributed by atoms with E-state index in [-0.39, 0.29) is 43.0 Å². The van der Waals surface area contributed by atoms with E-state index >= 15 is 0 Å². The number of likely N-dealkylation sites (tertiary alicyclic amines) is 1. The second-order valence-corrected chi connectivity index (χ2v) is 7.57. The van der Waals surface area contributed by atoms with Crippen LogP contribution in [0.5, 0.6) is 11.6 Å². The average Bonchev–Trinajstić information content (AvgIpc) is 3.13. The summed E-state index contributed by atoms with van der Waals surface area (Å²) in [6.07, 6.45) is 2.05. The number of benzene rings is 2. The van der Waals surface area contributed by atoms with Crippen LogP contribution in [0.25, 0.3) is 0 Å². The van der Waals surface area contributed by atoms with Gasteiger partial charge in [0.1, 0.15) is 17.4 Å². The summed E-state index contributed by atoms with van der Waals surface area (Å²) in [6.45, 7) is 2.04. The third kappa shape index (κ3) is 4.88. The van der Waals surface area contributed by atoms with E-state index in [0.29, 0.717) is 22.6 Å². The number of nitriles is 1. The van der Waals surface area contributed by atoms with Crippen molar-refractivity contribution in [1.29, 1.82) is 5.26 Å². The van der Waals surface area contributed by atoms with Crippen LogP contribution in [-0.4, -0.2) is 27.6 Å². The van der Waals surface area contributed by atoms with Gasteiger partial charge in [0.2, 0.25) is 17.7 Å². The Morgan fingerprint density at radius 2 is 1.85 bits per heavy atom. The fourth-order valence-electron chi connectivity index (χ4n) is 3.45. The maximum absolute atomic E-state index is 12.7. The number of nitrogens with one attached hydrogen (secondary N) is 1. The van der Waals surface area contributed by atoms with Gasteiger partial charge in [-0.05, 0) is 60.5 Å². The molecular weight excluding hydrogens is 420 g/mol. The van der Waals surface area contributed by atoms with E-state index in [0.717, 1.165) is 11.1 Å². The fraction of sp³-hybridized carbons (Fsp3) is 0.160. The normalized spacial score (nSPS) is 13.0. The van der Waals surface area contributed by atoms with Gasteiger partial charge < -0.3 is 10.1 Å². The summed E-state index contributed by atoms with van der Waals surface area (Å²) < 4.78 is 5.71. The van der Waals surface area contributed by atoms with Crippen molar-refractivity contribution < 1.29 is 19.1 Å². The Hall–Kier alpha value is -4.51. The lowest BCUT2D eigenvalue weighted by molar-refractivity contribution is -0.139. The summed E-state index contributed by atoms with van der Waals surface area (Å²) in [6, 6.07) is 17.3. The number of hydrogen-bond acceptors (Lipinski definition) is 6. The van der Waals surface area contributed by atoms with Gasteiger partial charge in [-0.1, -0.05) is 12.1 Å². The van der Waals surface area contributed by atoms with Crippen molar-refractivity contribution in [2.75, 3.05) is 5.32 Å². The van der Waals surface area contributed by atoms with Crippen molar-refractivity contribution in [3.05, 3.63) is 83.0 Å². The molecule has 0 radical (unpaired) electrons. The molecule has 1 saturated heterocycles. The first-order valence-electron chi connectivity index (χ1n) is 10.3. The first kappa shape index (κ1) is 21.7. The van der Waals surface area contributed by atoms with Gasteiger partial charge in [0.15, 0.2) is 0 Å². The molecule has 1 aromatic heterocycles. The number of carbonyl (C=O) groups excluding carboxylic acids is 3. The Balaban J connectivity index is 1.41. The van der Waals surface area contributed by atoms with E-state index in [1.165, 1.54) is 4.90 Å². The third-order valence-corrected chi connectivity index (χ3v) is 5.26. The van der Waals surface area contributed by atoms with Crippen LogP contribution in [0.2, 0.25) is 0 Å². The number of amides is 3. The van der Waals surface area contributed by atoms with Crippen molar-refractivity contribution in [3.63, 3.8) is 0 Å². The number of rotatable bonds is 6. The van der Waals surface area contributed by atoms with Crippen molar-refractivity contribution in [2.24, 2.45) is 0 Å². The van der Waals surface area contributed by atoms with Gasteiger partial charge in [0, 0.05) is 30.3 Å². The lowest BCUT2D eigenvalue weighted by atomic mass is 10.1. The first-order valence-corrected chi connectivity index (χ1v) is 10.3. The number of hydrogen-bond donors (Lipinski definition) is 1. The van der Waals surface area contributed by atoms with Gasteiger partial charge in [0.25, 0.3) is 5.91 Å². The molecule has 1 aliphatic heterocycles. The largest absolute Gasteiger partial charge is 0.438 e. The van der Waals surface area contributed by atoms with E-state index in [4.69, 9.17) is 10.00 Å². The number of pyridine rings is 1. The van der Waals surface area contributed by atoms with Crippen LogP contribution in [0.4, 0.5) is 5.69 Å². The molecular formula is C25H20N4O4.